The van der Waals surface area contributed by atoms with Crippen LogP contribution in [0.25, 0.3) is 11.3 Å². The van der Waals surface area contributed by atoms with Crippen LogP contribution in [0.15, 0.2) is 36.4 Å². The maximum absolute atomic E-state index is 12.9. The predicted molar refractivity (Wildman–Crippen MR) is 109 cm³/mol. The molecule has 2 fully saturated rings. The first kappa shape index (κ1) is 22.5. The molecule has 1 aliphatic carbocycles. The Kier molecular flexibility index (Phi) is 6.98. The molecule has 9 heteroatoms. The van der Waals surface area contributed by atoms with E-state index in [9.17, 15) is 18.0 Å². The fourth-order valence-electron chi connectivity index (χ4n) is 3.86. The van der Waals surface area contributed by atoms with Crippen LogP contribution >= 0.6 is 12.4 Å². The van der Waals surface area contributed by atoms with Crippen LogP contribution in [0.2, 0.25) is 0 Å². The Morgan fingerprint density at radius 1 is 0.900 bits per heavy atom. The Hall–Kier alpha value is -2.19. The summed E-state index contributed by atoms with van der Waals surface area (Å²) < 4.78 is 37.8. The number of alkyl halides is 3. The SMILES string of the molecule is Cl.O=C(c1ccc(-c2ccc(C(F)(F)F)nn2)cc1)N1CCCN(C2CCC2)CC1. The summed E-state index contributed by atoms with van der Waals surface area (Å²) in [6.45, 7) is 3.42. The van der Waals surface area contributed by atoms with Gasteiger partial charge in [-0.15, -0.1) is 22.6 Å². The van der Waals surface area contributed by atoms with Gasteiger partial charge in [0, 0.05) is 43.3 Å². The molecule has 0 N–H and O–H groups in total. The average Bonchev–Trinajstić information content (AvgIpc) is 2.92. The Balaban J connectivity index is 0.00000256. The molecule has 1 aromatic heterocycles. The van der Waals surface area contributed by atoms with Crippen LogP contribution in [-0.2, 0) is 6.18 Å². The summed E-state index contributed by atoms with van der Waals surface area (Å²) in [6.07, 6.45) is 0.300. The zero-order valence-corrected chi connectivity index (χ0v) is 17.3. The normalized spacial score (nSPS) is 18.3. The van der Waals surface area contributed by atoms with Gasteiger partial charge in [0.15, 0.2) is 5.69 Å². The van der Waals surface area contributed by atoms with Gasteiger partial charge in [-0.05, 0) is 43.5 Å². The van der Waals surface area contributed by atoms with Crippen LogP contribution in [0.1, 0.15) is 41.7 Å². The van der Waals surface area contributed by atoms with Gasteiger partial charge in [-0.3, -0.25) is 9.69 Å². The Morgan fingerprint density at radius 2 is 1.63 bits per heavy atom. The van der Waals surface area contributed by atoms with Crippen molar-refractivity contribution in [3.8, 4) is 11.3 Å². The maximum Gasteiger partial charge on any atom is 0.435 e. The average molecular weight is 441 g/mol. The van der Waals surface area contributed by atoms with Crippen molar-refractivity contribution < 1.29 is 18.0 Å². The lowest BCUT2D eigenvalue weighted by molar-refractivity contribution is -0.141. The molecule has 0 unspecified atom stereocenters. The Bertz CT molecular complexity index is 854. The van der Waals surface area contributed by atoms with Gasteiger partial charge in [-0.25, -0.2) is 0 Å². The highest BCUT2D eigenvalue weighted by molar-refractivity contribution is 5.94. The van der Waals surface area contributed by atoms with Crippen molar-refractivity contribution in [1.29, 1.82) is 0 Å². The summed E-state index contributed by atoms with van der Waals surface area (Å²) in [5.74, 6) is -0.00878. The zero-order valence-electron chi connectivity index (χ0n) is 16.4. The highest BCUT2D eigenvalue weighted by atomic mass is 35.5. The van der Waals surface area contributed by atoms with Gasteiger partial charge < -0.3 is 4.90 Å². The first-order valence-corrected chi connectivity index (χ1v) is 9.96. The van der Waals surface area contributed by atoms with Crippen molar-refractivity contribution in [3.05, 3.63) is 47.7 Å². The Morgan fingerprint density at radius 3 is 2.20 bits per heavy atom. The van der Waals surface area contributed by atoms with E-state index in [2.05, 4.69) is 15.1 Å². The first-order chi connectivity index (χ1) is 13.9. The summed E-state index contributed by atoms with van der Waals surface area (Å²) in [5, 5.41) is 6.91. The lowest BCUT2D eigenvalue weighted by Crippen LogP contribution is -2.42. The molecule has 2 heterocycles. The molecule has 2 aliphatic rings. The standard InChI is InChI=1S/C21H23F3N4O.ClH/c22-21(23,24)19-10-9-18(25-26-19)15-5-7-16(8-6-15)20(29)28-12-2-11-27(13-14-28)17-3-1-4-17;/h5-10,17H,1-4,11-14H2;1H. The summed E-state index contributed by atoms with van der Waals surface area (Å²) >= 11 is 0. The molecule has 2 aromatic rings. The van der Waals surface area contributed by atoms with Crippen molar-refractivity contribution in [2.75, 3.05) is 26.2 Å². The minimum Gasteiger partial charge on any atom is -0.337 e. The van der Waals surface area contributed by atoms with Crippen molar-refractivity contribution in [1.82, 2.24) is 20.0 Å². The molecular formula is C21H24ClF3N4O. The third kappa shape index (κ3) is 4.92. The van der Waals surface area contributed by atoms with Gasteiger partial charge in [0.25, 0.3) is 5.91 Å². The monoisotopic (exact) mass is 440 g/mol. The molecule has 1 amide bonds. The minimum atomic E-state index is -4.51. The molecule has 0 radical (unpaired) electrons. The third-order valence-electron chi connectivity index (χ3n) is 5.79. The molecule has 0 spiro atoms. The summed E-state index contributed by atoms with van der Waals surface area (Å²) in [4.78, 5) is 17.3. The number of hydrogen-bond acceptors (Lipinski definition) is 4. The molecule has 162 valence electrons. The van der Waals surface area contributed by atoms with Crippen LogP contribution in [0.4, 0.5) is 13.2 Å². The van der Waals surface area contributed by atoms with Gasteiger partial charge in [0.1, 0.15) is 0 Å². The molecule has 1 saturated heterocycles. The van der Waals surface area contributed by atoms with Gasteiger partial charge in [-0.2, -0.15) is 13.2 Å². The van der Waals surface area contributed by atoms with E-state index in [1.54, 1.807) is 24.3 Å². The number of benzene rings is 1. The van der Waals surface area contributed by atoms with Crippen LogP contribution in [0.5, 0.6) is 0 Å². The number of amides is 1. The molecule has 1 aromatic carbocycles. The number of halogens is 4. The zero-order chi connectivity index (χ0) is 20.4. The number of hydrogen-bond donors (Lipinski definition) is 0. The van der Waals surface area contributed by atoms with Gasteiger partial charge in [0.05, 0.1) is 5.69 Å². The molecule has 0 bridgehead atoms. The van der Waals surface area contributed by atoms with Crippen LogP contribution in [0.3, 0.4) is 0 Å². The largest absolute Gasteiger partial charge is 0.435 e. The molecule has 0 atom stereocenters. The van der Waals surface area contributed by atoms with Gasteiger partial charge in [-0.1, -0.05) is 18.6 Å². The highest BCUT2D eigenvalue weighted by Crippen LogP contribution is 2.28. The van der Waals surface area contributed by atoms with E-state index in [0.717, 1.165) is 38.7 Å². The van der Waals surface area contributed by atoms with E-state index in [-0.39, 0.29) is 18.3 Å². The van der Waals surface area contributed by atoms with E-state index < -0.39 is 11.9 Å². The minimum absolute atomic E-state index is 0. The first-order valence-electron chi connectivity index (χ1n) is 9.96. The quantitative estimate of drug-likeness (QED) is 0.714. The second kappa shape index (κ2) is 9.31. The second-order valence-electron chi connectivity index (χ2n) is 7.65. The van der Waals surface area contributed by atoms with E-state index >= 15 is 0 Å². The number of nitrogens with zero attached hydrogens (tertiary/aromatic N) is 4. The summed E-state index contributed by atoms with van der Waals surface area (Å²) in [6, 6.07) is 9.68. The van der Waals surface area contributed by atoms with E-state index in [1.165, 1.54) is 25.3 Å². The topological polar surface area (TPSA) is 49.3 Å². The fourth-order valence-corrected chi connectivity index (χ4v) is 3.86. The molecule has 4 rings (SSSR count). The van der Waals surface area contributed by atoms with Crippen molar-refractivity contribution in [2.24, 2.45) is 0 Å². The van der Waals surface area contributed by atoms with Crippen molar-refractivity contribution >= 4 is 18.3 Å². The molecule has 1 saturated carbocycles. The van der Waals surface area contributed by atoms with Gasteiger partial charge >= 0.3 is 6.18 Å². The number of aromatic nitrogens is 2. The molecular weight excluding hydrogens is 417 g/mol. The molecule has 30 heavy (non-hydrogen) atoms. The number of rotatable bonds is 3. The van der Waals surface area contributed by atoms with E-state index in [0.29, 0.717) is 22.9 Å². The van der Waals surface area contributed by atoms with E-state index in [4.69, 9.17) is 0 Å². The van der Waals surface area contributed by atoms with Crippen molar-refractivity contribution in [2.45, 2.75) is 37.9 Å². The van der Waals surface area contributed by atoms with Crippen LogP contribution in [0, 0.1) is 0 Å². The number of carbonyl (C=O) groups is 1. The smallest absolute Gasteiger partial charge is 0.337 e. The number of carbonyl (C=O) groups excluding carboxylic acids is 1. The second-order valence-corrected chi connectivity index (χ2v) is 7.65. The third-order valence-corrected chi connectivity index (χ3v) is 5.79. The highest BCUT2D eigenvalue weighted by Gasteiger charge is 2.33. The Labute approximate surface area is 179 Å². The maximum atomic E-state index is 12.9. The fraction of sp³-hybridized carbons (Fsp3) is 0.476. The van der Waals surface area contributed by atoms with Crippen LogP contribution in [-0.4, -0.2) is 58.1 Å². The van der Waals surface area contributed by atoms with Crippen molar-refractivity contribution in [3.63, 3.8) is 0 Å². The van der Waals surface area contributed by atoms with Crippen LogP contribution < -0.4 is 0 Å². The molecule has 5 nitrogen and oxygen atoms in total. The lowest BCUT2D eigenvalue weighted by atomic mass is 9.91. The predicted octanol–water partition coefficient (Wildman–Crippen LogP) is 4.28. The molecule has 1 aliphatic heterocycles. The summed E-state index contributed by atoms with van der Waals surface area (Å²) in [5.41, 5.74) is 0.508. The van der Waals surface area contributed by atoms with E-state index in [1.807, 2.05) is 4.90 Å². The summed E-state index contributed by atoms with van der Waals surface area (Å²) in [7, 11) is 0. The lowest BCUT2D eigenvalue weighted by Gasteiger charge is -2.36. The van der Waals surface area contributed by atoms with Gasteiger partial charge in [0.2, 0.25) is 0 Å².